The van der Waals surface area contributed by atoms with E-state index in [0.717, 1.165) is 78.1 Å². The number of amides is 1. The number of carbonyl (C=O) groups is 1. The van der Waals surface area contributed by atoms with Crippen LogP contribution in [0, 0.1) is 12.3 Å². The lowest BCUT2D eigenvalue weighted by molar-refractivity contribution is 0.00768. The number of carbonyl (C=O) groups excluding carboxylic acids is 1. The minimum Gasteiger partial charge on any atom is -0.381 e. The summed E-state index contributed by atoms with van der Waals surface area (Å²) in [7, 11) is 0. The summed E-state index contributed by atoms with van der Waals surface area (Å²) < 4.78 is 5.73. The van der Waals surface area contributed by atoms with Gasteiger partial charge < -0.3 is 15.0 Å². The lowest BCUT2D eigenvalue weighted by Gasteiger charge is -2.42. The molecule has 0 radical (unpaired) electrons. The highest BCUT2D eigenvalue weighted by molar-refractivity contribution is 6.07. The van der Waals surface area contributed by atoms with Crippen molar-refractivity contribution in [3.63, 3.8) is 0 Å². The van der Waals surface area contributed by atoms with Gasteiger partial charge in [0.05, 0.1) is 29.5 Å². The van der Waals surface area contributed by atoms with Crippen LogP contribution in [0.5, 0.6) is 0 Å². The van der Waals surface area contributed by atoms with Gasteiger partial charge in [-0.25, -0.2) is 9.97 Å². The molecule has 1 saturated heterocycles. The van der Waals surface area contributed by atoms with Crippen LogP contribution in [0.15, 0.2) is 48.8 Å². The van der Waals surface area contributed by atoms with E-state index in [9.17, 15) is 4.79 Å². The molecule has 3 aromatic heterocycles. The molecule has 38 heavy (non-hydrogen) atoms. The molecule has 1 aliphatic carbocycles. The van der Waals surface area contributed by atoms with E-state index in [1.54, 1.807) is 6.20 Å². The van der Waals surface area contributed by atoms with Crippen LogP contribution in [0.4, 0.5) is 0 Å². The van der Waals surface area contributed by atoms with Gasteiger partial charge in [-0.3, -0.25) is 9.89 Å². The second-order valence-electron chi connectivity index (χ2n) is 10.8. The quantitative estimate of drug-likeness (QED) is 0.317. The average molecular weight is 507 g/mol. The molecular formula is C30H30N6O2. The number of H-pyrrole nitrogens is 2. The van der Waals surface area contributed by atoms with Crippen LogP contribution in [-0.2, 0) is 24.1 Å². The van der Waals surface area contributed by atoms with Gasteiger partial charge in [-0.05, 0) is 79.8 Å². The standard InChI is InChI=1S/C30H30N6O2/c1-18-15-31-26(34-18)17-32-29(37)20-4-2-19(3-5-20)28-22-14-30(10-12-38-13-11-30)9-8-21(22)27-23-16-33-36-24(23)6-7-25(27)35-28/h2-7,15-16H,8-14,17H2,1H3,(H,31,34)(H,32,37)(H,33,36). The predicted molar refractivity (Wildman–Crippen MR) is 146 cm³/mol. The Morgan fingerprint density at radius 1 is 1.05 bits per heavy atom. The van der Waals surface area contributed by atoms with E-state index in [-0.39, 0.29) is 11.3 Å². The fourth-order valence-electron chi connectivity index (χ4n) is 6.29. The van der Waals surface area contributed by atoms with Gasteiger partial charge in [0.15, 0.2) is 0 Å². The second-order valence-corrected chi connectivity index (χ2v) is 10.8. The Hall–Kier alpha value is -4.04. The monoisotopic (exact) mass is 506 g/mol. The molecule has 192 valence electrons. The normalized spacial score (nSPS) is 16.7. The minimum atomic E-state index is -0.123. The molecule has 4 heterocycles. The molecule has 0 bridgehead atoms. The Morgan fingerprint density at radius 3 is 2.68 bits per heavy atom. The van der Waals surface area contributed by atoms with Crippen LogP contribution >= 0.6 is 0 Å². The first-order valence-electron chi connectivity index (χ1n) is 13.3. The molecule has 2 aromatic carbocycles. The fourth-order valence-corrected chi connectivity index (χ4v) is 6.29. The van der Waals surface area contributed by atoms with Gasteiger partial charge in [-0.2, -0.15) is 5.10 Å². The Balaban J connectivity index is 1.27. The molecule has 5 aromatic rings. The third-order valence-corrected chi connectivity index (χ3v) is 8.39. The third kappa shape index (κ3) is 3.96. The van der Waals surface area contributed by atoms with Crippen molar-refractivity contribution in [2.75, 3.05) is 13.2 Å². The van der Waals surface area contributed by atoms with Gasteiger partial charge in [0.25, 0.3) is 5.91 Å². The van der Waals surface area contributed by atoms with Crippen LogP contribution < -0.4 is 5.32 Å². The summed E-state index contributed by atoms with van der Waals surface area (Å²) in [5.74, 6) is 0.621. The molecule has 1 fully saturated rings. The van der Waals surface area contributed by atoms with Crippen molar-refractivity contribution in [1.82, 2.24) is 30.5 Å². The summed E-state index contributed by atoms with van der Waals surface area (Å²) in [5, 5.41) is 12.7. The van der Waals surface area contributed by atoms with E-state index in [4.69, 9.17) is 9.72 Å². The molecule has 3 N–H and O–H groups in total. The maximum Gasteiger partial charge on any atom is 0.251 e. The smallest absolute Gasteiger partial charge is 0.251 e. The summed E-state index contributed by atoms with van der Waals surface area (Å²) in [5.41, 5.74) is 8.69. The number of hydrogen-bond acceptors (Lipinski definition) is 5. The van der Waals surface area contributed by atoms with E-state index in [1.807, 2.05) is 37.4 Å². The molecule has 2 aliphatic rings. The average Bonchev–Trinajstić information content (AvgIpc) is 3.60. The number of aromatic nitrogens is 5. The van der Waals surface area contributed by atoms with E-state index in [0.29, 0.717) is 12.1 Å². The van der Waals surface area contributed by atoms with Crippen LogP contribution in [0.3, 0.4) is 0 Å². The Bertz CT molecular complexity index is 1660. The molecule has 1 aliphatic heterocycles. The zero-order valence-electron chi connectivity index (χ0n) is 21.4. The number of nitrogens with one attached hydrogen (secondary N) is 3. The van der Waals surface area contributed by atoms with Gasteiger partial charge in [0.1, 0.15) is 5.82 Å². The summed E-state index contributed by atoms with van der Waals surface area (Å²) in [4.78, 5) is 25.4. The first-order chi connectivity index (χ1) is 18.6. The van der Waals surface area contributed by atoms with Gasteiger partial charge in [-0.15, -0.1) is 0 Å². The number of ether oxygens (including phenoxy) is 1. The second kappa shape index (κ2) is 9.06. The summed E-state index contributed by atoms with van der Waals surface area (Å²) >= 11 is 0. The molecule has 0 unspecified atom stereocenters. The molecule has 0 saturated carbocycles. The van der Waals surface area contributed by atoms with Gasteiger partial charge in [0, 0.05) is 47.0 Å². The van der Waals surface area contributed by atoms with Crippen molar-refractivity contribution in [3.05, 3.63) is 77.0 Å². The summed E-state index contributed by atoms with van der Waals surface area (Å²) in [6.45, 7) is 3.97. The lowest BCUT2D eigenvalue weighted by atomic mass is 9.66. The predicted octanol–water partition coefficient (Wildman–Crippen LogP) is 5.03. The maximum absolute atomic E-state index is 12.8. The van der Waals surface area contributed by atoms with Crippen molar-refractivity contribution in [1.29, 1.82) is 0 Å². The summed E-state index contributed by atoms with van der Waals surface area (Å²) in [6.07, 6.45) is 9.07. The number of benzene rings is 2. The van der Waals surface area contributed by atoms with Gasteiger partial charge in [-0.1, -0.05) is 12.1 Å². The van der Waals surface area contributed by atoms with Crippen molar-refractivity contribution in [2.45, 2.75) is 45.6 Å². The van der Waals surface area contributed by atoms with Crippen molar-refractivity contribution < 1.29 is 9.53 Å². The number of fused-ring (bicyclic) bond motifs is 5. The van der Waals surface area contributed by atoms with E-state index in [1.165, 1.54) is 22.9 Å². The third-order valence-electron chi connectivity index (χ3n) is 8.39. The van der Waals surface area contributed by atoms with Gasteiger partial charge >= 0.3 is 0 Å². The Kier molecular flexibility index (Phi) is 5.51. The highest BCUT2D eigenvalue weighted by Crippen LogP contribution is 2.47. The molecule has 8 nitrogen and oxygen atoms in total. The molecule has 1 amide bonds. The minimum absolute atomic E-state index is 0.123. The number of aryl methyl sites for hydroxylation is 2. The molecule has 8 heteroatoms. The van der Waals surface area contributed by atoms with Gasteiger partial charge in [0.2, 0.25) is 0 Å². The van der Waals surface area contributed by atoms with Crippen molar-refractivity contribution >= 4 is 27.7 Å². The number of aromatic amines is 2. The van der Waals surface area contributed by atoms with Crippen LogP contribution in [-0.4, -0.2) is 44.3 Å². The van der Waals surface area contributed by atoms with Crippen LogP contribution in [0.1, 0.15) is 52.3 Å². The number of imidazole rings is 1. The zero-order chi connectivity index (χ0) is 25.7. The van der Waals surface area contributed by atoms with Crippen molar-refractivity contribution in [2.24, 2.45) is 5.41 Å². The first kappa shape index (κ1) is 23.1. The van der Waals surface area contributed by atoms with E-state index in [2.05, 4.69) is 37.6 Å². The Morgan fingerprint density at radius 2 is 1.89 bits per heavy atom. The number of pyridine rings is 1. The highest BCUT2D eigenvalue weighted by Gasteiger charge is 2.38. The lowest BCUT2D eigenvalue weighted by Crippen LogP contribution is -2.35. The largest absolute Gasteiger partial charge is 0.381 e. The van der Waals surface area contributed by atoms with Crippen LogP contribution in [0.25, 0.3) is 33.1 Å². The number of rotatable bonds is 4. The molecular weight excluding hydrogens is 476 g/mol. The van der Waals surface area contributed by atoms with E-state index >= 15 is 0 Å². The zero-order valence-corrected chi connectivity index (χ0v) is 21.4. The first-order valence-corrected chi connectivity index (χ1v) is 13.3. The van der Waals surface area contributed by atoms with Crippen LogP contribution in [0.2, 0.25) is 0 Å². The molecule has 1 spiro atoms. The van der Waals surface area contributed by atoms with E-state index < -0.39 is 0 Å². The highest BCUT2D eigenvalue weighted by atomic mass is 16.5. The Labute approximate surface area is 220 Å². The number of nitrogens with zero attached hydrogens (tertiary/aromatic N) is 3. The SMILES string of the molecule is Cc1cnc(CNC(=O)c2ccc(-c3nc4ccc5[nH]ncc5c4c4c3CC3(CCOCC3)CC4)cc2)[nH]1. The molecule has 7 rings (SSSR count). The topological polar surface area (TPSA) is 109 Å². The maximum atomic E-state index is 12.8. The number of hydrogen-bond donors (Lipinski definition) is 3. The molecule has 0 atom stereocenters. The van der Waals surface area contributed by atoms with Crippen molar-refractivity contribution in [3.8, 4) is 11.3 Å². The fraction of sp³-hybridized carbons (Fsp3) is 0.333. The summed E-state index contributed by atoms with van der Waals surface area (Å²) in [6, 6.07) is 12.0.